The van der Waals surface area contributed by atoms with Gasteiger partial charge in [0.15, 0.2) is 11.3 Å². The summed E-state index contributed by atoms with van der Waals surface area (Å²) >= 11 is 8.44. The molecular formula is C21H13ClIN3O5. The zero-order valence-corrected chi connectivity index (χ0v) is 18.8. The van der Waals surface area contributed by atoms with Crippen LogP contribution >= 0.6 is 34.2 Å². The van der Waals surface area contributed by atoms with Crippen molar-refractivity contribution in [2.75, 3.05) is 12.4 Å². The van der Waals surface area contributed by atoms with Crippen molar-refractivity contribution in [3.63, 3.8) is 0 Å². The number of rotatable bonds is 5. The maximum absolute atomic E-state index is 12.6. The van der Waals surface area contributed by atoms with E-state index in [2.05, 4.69) is 32.9 Å². The van der Waals surface area contributed by atoms with Gasteiger partial charge in [0.25, 0.3) is 5.91 Å². The van der Waals surface area contributed by atoms with Crippen LogP contribution in [-0.4, -0.2) is 22.9 Å². The van der Waals surface area contributed by atoms with Crippen molar-refractivity contribution in [2.45, 2.75) is 0 Å². The molecule has 0 unspecified atom stereocenters. The van der Waals surface area contributed by atoms with E-state index in [1.807, 2.05) is 12.1 Å². The van der Waals surface area contributed by atoms with Crippen molar-refractivity contribution in [1.29, 1.82) is 0 Å². The second-order valence-corrected chi connectivity index (χ2v) is 8.08. The van der Waals surface area contributed by atoms with Gasteiger partial charge in [0.1, 0.15) is 5.52 Å². The number of hydrogen-bond donors (Lipinski definition) is 1. The van der Waals surface area contributed by atoms with E-state index in [1.54, 1.807) is 24.3 Å². The molecule has 4 rings (SSSR count). The van der Waals surface area contributed by atoms with E-state index in [1.165, 1.54) is 25.3 Å². The number of carbonyl (C=O) groups excluding carboxylic acids is 1. The molecule has 0 atom stereocenters. The maximum atomic E-state index is 12.6. The number of halogens is 2. The zero-order chi connectivity index (χ0) is 22.1. The lowest BCUT2D eigenvalue weighted by Crippen LogP contribution is -2.12. The minimum atomic E-state index is -0.603. The predicted octanol–water partition coefficient (Wildman–Crippen LogP) is 5.92. The SMILES string of the molecule is COc1ccc(C(=O)Nc2ccc3oc(-c4cc(I)ccc4Cl)nc3c2)cc1[N+](=O)[O-]. The van der Waals surface area contributed by atoms with Crippen LogP contribution in [-0.2, 0) is 0 Å². The molecule has 8 nitrogen and oxygen atoms in total. The number of nitrogens with one attached hydrogen (secondary N) is 1. The van der Waals surface area contributed by atoms with Crippen LogP contribution in [0.4, 0.5) is 11.4 Å². The zero-order valence-electron chi connectivity index (χ0n) is 15.9. The summed E-state index contributed by atoms with van der Waals surface area (Å²) in [6, 6.07) is 14.5. The Morgan fingerprint density at radius 1 is 1.19 bits per heavy atom. The highest BCUT2D eigenvalue weighted by Crippen LogP contribution is 2.32. The van der Waals surface area contributed by atoms with Crippen molar-refractivity contribution in [3.8, 4) is 17.2 Å². The first-order valence-corrected chi connectivity index (χ1v) is 10.3. The third kappa shape index (κ3) is 4.32. The molecule has 0 aliphatic heterocycles. The quantitative estimate of drug-likeness (QED) is 0.188. The molecular weight excluding hydrogens is 537 g/mol. The number of fused-ring (bicyclic) bond motifs is 1. The Kier molecular flexibility index (Phi) is 5.79. The first-order chi connectivity index (χ1) is 14.9. The van der Waals surface area contributed by atoms with Crippen LogP contribution in [0.25, 0.3) is 22.6 Å². The lowest BCUT2D eigenvalue weighted by molar-refractivity contribution is -0.385. The number of methoxy groups -OCH3 is 1. The Morgan fingerprint density at radius 3 is 2.74 bits per heavy atom. The first-order valence-electron chi connectivity index (χ1n) is 8.85. The average Bonchev–Trinajstić information content (AvgIpc) is 3.18. The molecule has 1 amide bonds. The van der Waals surface area contributed by atoms with Gasteiger partial charge in [0, 0.05) is 20.9 Å². The number of hydrogen-bond acceptors (Lipinski definition) is 6. The van der Waals surface area contributed by atoms with Crippen LogP contribution in [0.2, 0.25) is 5.02 Å². The topological polar surface area (TPSA) is 108 Å². The van der Waals surface area contributed by atoms with Crippen LogP contribution in [0.1, 0.15) is 10.4 Å². The van der Waals surface area contributed by atoms with Crippen molar-refractivity contribution in [3.05, 3.63) is 78.9 Å². The fourth-order valence-corrected chi connectivity index (χ4v) is 3.65. The smallest absolute Gasteiger partial charge is 0.311 e. The molecule has 1 aromatic heterocycles. The van der Waals surface area contributed by atoms with Crippen molar-refractivity contribution in [1.82, 2.24) is 4.98 Å². The van der Waals surface area contributed by atoms with E-state index in [4.69, 9.17) is 20.8 Å². The molecule has 1 heterocycles. The van der Waals surface area contributed by atoms with Gasteiger partial charge >= 0.3 is 5.69 Å². The number of carbonyl (C=O) groups is 1. The van der Waals surface area contributed by atoms with Gasteiger partial charge in [0.2, 0.25) is 5.89 Å². The number of oxazole rings is 1. The number of benzene rings is 3. The number of ether oxygens (including phenoxy) is 1. The lowest BCUT2D eigenvalue weighted by atomic mass is 10.1. The summed E-state index contributed by atoms with van der Waals surface area (Å²) in [6.07, 6.45) is 0. The Hall–Kier alpha value is -3.18. The van der Waals surface area contributed by atoms with E-state index in [-0.39, 0.29) is 17.0 Å². The third-order valence-electron chi connectivity index (χ3n) is 4.44. The Morgan fingerprint density at radius 2 is 2.00 bits per heavy atom. The Balaban J connectivity index is 1.62. The molecule has 1 N–H and O–H groups in total. The monoisotopic (exact) mass is 549 g/mol. The standard InChI is InChI=1S/C21H13ClIN3O5/c1-30-19-6-2-11(8-17(19)26(28)29)20(27)24-13-4-7-18-16(10-13)25-21(31-18)14-9-12(23)3-5-15(14)22/h2-10H,1H3,(H,24,27). The highest BCUT2D eigenvalue weighted by atomic mass is 127. The molecule has 0 saturated carbocycles. The lowest BCUT2D eigenvalue weighted by Gasteiger charge is -2.06. The van der Waals surface area contributed by atoms with Crippen LogP contribution in [0, 0.1) is 13.7 Å². The van der Waals surface area contributed by atoms with Gasteiger partial charge in [-0.3, -0.25) is 14.9 Å². The summed E-state index contributed by atoms with van der Waals surface area (Å²) in [5, 5.41) is 14.4. The molecule has 10 heteroatoms. The molecule has 4 aromatic rings. The number of nitro groups is 1. The second kappa shape index (κ2) is 8.52. The molecule has 31 heavy (non-hydrogen) atoms. The molecule has 0 aliphatic rings. The molecule has 3 aromatic carbocycles. The van der Waals surface area contributed by atoms with E-state index >= 15 is 0 Å². The van der Waals surface area contributed by atoms with Gasteiger partial charge in [-0.25, -0.2) is 4.98 Å². The highest BCUT2D eigenvalue weighted by molar-refractivity contribution is 14.1. The summed E-state index contributed by atoms with van der Waals surface area (Å²) in [7, 11) is 1.33. The second-order valence-electron chi connectivity index (χ2n) is 6.42. The van der Waals surface area contributed by atoms with E-state index in [0.717, 1.165) is 3.57 Å². The van der Waals surface area contributed by atoms with Crippen molar-refractivity contribution >= 4 is 62.6 Å². The number of amides is 1. The first kappa shape index (κ1) is 21.1. The Labute approximate surface area is 194 Å². The third-order valence-corrected chi connectivity index (χ3v) is 5.44. The van der Waals surface area contributed by atoms with E-state index in [9.17, 15) is 14.9 Å². The summed E-state index contributed by atoms with van der Waals surface area (Å²) < 4.78 is 11.7. The fraction of sp³-hybridized carbons (Fsp3) is 0.0476. The van der Waals surface area contributed by atoms with Crippen LogP contribution in [0.15, 0.2) is 59.0 Å². The molecule has 156 valence electrons. The van der Waals surface area contributed by atoms with Crippen LogP contribution in [0.5, 0.6) is 5.75 Å². The molecule has 0 fully saturated rings. The van der Waals surface area contributed by atoms with Crippen LogP contribution < -0.4 is 10.1 Å². The largest absolute Gasteiger partial charge is 0.490 e. The maximum Gasteiger partial charge on any atom is 0.311 e. The normalized spacial score (nSPS) is 10.8. The van der Waals surface area contributed by atoms with Gasteiger partial charge < -0.3 is 14.5 Å². The van der Waals surface area contributed by atoms with Gasteiger partial charge in [-0.15, -0.1) is 0 Å². The molecule has 0 saturated heterocycles. The van der Waals surface area contributed by atoms with Gasteiger partial charge in [-0.2, -0.15) is 0 Å². The van der Waals surface area contributed by atoms with E-state index in [0.29, 0.717) is 33.3 Å². The summed E-state index contributed by atoms with van der Waals surface area (Å²) in [5.41, 5.74) is 2.03. The molecule has 0 radical (unpaired) electrons. The number of nitrogens with zero attached hydrogens (tertiary/aromatic N) is 2. The Bertz CT molecular complexity index is 1340. The summed E-state index contributed by atoms with van der Waals surface area (Å²) in [6.45, 7) is 0. The minimum absolute atomic E-state index is 0.0762. The molecule has 0 bridgehead atoms. The molecule has 0 spiro atoms. The summed E-state index contributed by atoms with van der Waals surface area (Å²) in [4.78, 5) is 27.7. The van der Waals surface area contributed by atoms with Gasteiger partial charge in [-0.1, -0.05) is 11.6 Å². The van der Waals surface area contributed by atoms with Crippen molar-refractivity contribution < 1.29 is 18.9 Å². The fourth-order valence-electron chi connectivity index (χ4n) is 2.96. The van der Waals surface area contributed by atoms with E-state index < -0.39 is 10.8 Å². The number of aromatic nitrogens is 1. The average molecular weight is 550 g/mol. The summed E-state index contributed by atoms with van der Waals surface area (Å²) in [5.74, 6) is -0.0606. The van der Waals surface area contributed by atoms with Crippen molar-refractivity contribution in [2.24, 2.45) is 0 Å². The molecule has 0 aliphatic carbocycles. The highest BCUT2D eigenvalue weighted by Gasteiger charge is 2.19. The minimum Gasteiger partial charge on any atom is -0.490 e. The van der Waals surface area contributed by atoms with Gasteiger partial charge in [-0.05, 0) is 71.1 Å². The number of nitro benzene ring substituents is 1. The predicted molar refractivity (Wildman–Crippen MR) is 125 cm³/mol. The van der Waals surface area contributed by atoms with Crippen LogP contribution in [0.3, 0.4) is 0 Å². The van der Waals surface area contributed by atoms with Gasteiger partial charge in [0.05, 0.1) is 22.6 Å². The number of anilines is 1.